The molecule has 0 saturated heterocycles. The molecule has 2 rings (SSSR count). The van der Waals surface area contributed by atoms with Gasteiger partial charge in [-0.3, -0.25) is 0 Å². The van der Waals surface area contributed by atoms with Crippen LogP contribution in [-0.2, 0) is 0 Å². The highest BCUT2D eigenvalue weighted by molar-refractivity contribution is 6.29. The smallest absolute Gasteiger partial charge is 0.129 e. The Balaban J connectivity index is 2.33. The molecule has 0 bridgehead atoms. The standard InChI is InChI=1S/C11H12ClN3/c1-8(2)10-6-15(7-14-10)9-3-4-11(12)13-5-9/h3-8H,1-2H3. The van der Waals surface area contributed by atoms with Gasteiger partial charge in [-0.1, -0.05) is 25.4 Å². The van der Waals surface area contributed by atoms with E-state index in [1.54, 1.807) is 18.6 Å². The summed E-state index contributed by atoms with van der Waals surface area (Å²) >= 11 is 5.72. The molecule has 4 heteroatoms. The lowest BCUT2D eigenvalue weighted by Gasteiger charge is -2.01. The predicted molar refractivity (Wildman–Crippen MR) is 60.5 cm³/mol. The van der Waals surface area contributed by atoms with Crippen LogP contribution >= 0.6 is 11.6 Å². The zero-order chi connectivity index (χ0) is 10.8. The highest BCUT2D eigenvalue weighted by atomic mass is 35.5. The van der Waals surface area contributed by atoms with Crippen molar-refractivity contribution in [3.8, 4) is 5.69 Å². The van der Waals surface area contributed by atoms with Crippen LogP contribution in [0.25, 0.3) is 5.69 Å². The van der Waals surface area contributed by atoms with Crippen LogP contribution in [0.3, 0.4) is 0 Å². The third kappa shape index (κ3) is 2.18. The summed E-state index contributed by atoms with van der Waals surface area (Å²) in [6.07, 6.45) is 5.53. The molecular formula is C11H12ClN3. The fourth-order valence-corrected chi connectivity index (χ4v) is 1.41. The average molecular weight is 222 g/mol. The fourth-order valence-electron chi connectivity index (χ4n) is 1.30. The van der Waals surface area contributed by atoms with E-state index in [0.29, 0.717) is 11.1 Å². The molecule has 0 aliphatic rings. The van der Waals surface area contributed by atoms with E-state index < -0.39 is 0 Å². The number of hydrogen-bond donors (Lipinski definition) is 0. The normalized spacial score (nSPS) is 10.9. The Morgan fingerprint density at radius 2 is 2.07 bits per heavy atom. The molecule has 0 atom stereocenters. The van der Waals surface area contributed by atoms with Crippen LogP contribution in [0.4, 0.5) is 0 Å². The summed E-state index contributed by atoms with van der Waals surface area (Å²) in [6.45, 7) is 4.24. The lowest BCUT2D eigenvalue weighted by atomic mass is 10.2. The summed E-state index contributed by atoms with van der Waals surface area (Å²) in [5.74, 6) is 0.437. The summed E-state index contributed by atoms with van der Waals surface area (Å²) in [5, 5.41) is 0.503. The van der Waals surface area contributed by atoms with Crippen LogP contribution < -0.4 is 0 Å². The first kappa shape index (κ1) is 10.2. The van der Waals surface area contributed by atoms with Gasteiger partial charge in [0.2, 0.25) is 0 Å². The number of imidazole rings is 1. The molecule has 0 aliphatic carbocycles. The molecule has 0 N–H and O–H groups in total. The molecule has 2 heterocycles. The molecule has 0 amide bonds. The van der Waals surface area contributed by atoms with Gasteiger partial charge in [0, 0.05) is 6.20 Å². The van der Waals surface area contributed by atoms with Crippen molar-refractivity contribution in [3.63, 3.8) is 0 Å². The molecule has 0 spiro atoms. The van der Waals surface area contributed by atoms with Gasteiger partial charge in [0.15, 0.2) is 0 Å². The Bertz CT molecular complexity index is 445. The monoisotopic (exact) mass is 221 g/mol. The van der Waals surface area contributed by atoms with Gasteiger partial charge in [0.05, 0.1) is 23.9 Å². The van der Waals surface area contributed by atoms with E-state index in [1.807, 2.05) is 16.8 Å². The molecule has 0 saturated carbocycles. The number of aromatic nitrogens is 3. The van der Waals surface area contributed by atoms with E-state index in [2.05, 4.69) is 23.8 Å². The first-order valence-electron chi connectivity index (χ1n) is 4.82. The van der Waals surface area contributed by atoms with Crippen molar-refractivity contribution in [2.75, 3.05) is 0 Å². The summed E-state index contributed by atoms with van der Waals surface area (Å²) < 4.78 is 1.94. The Morgan fingerprint density at radius 1 is 1.27 bits per heavy atom. The largest absolute Gasteiger partial charge is 0.304 e. The molecule has 3 nitrogen and oxygen atoms in total. The second kappa shape index (κ2) is 4.03. The van der Waals surface area contributed by atoms with Gasteiger partial charge in [-0.15, -0.1) is 0 Å². The van der Waals surface area contributed by atoms with Crippen LogP contribution in [0.2, 0.25) is 5.15 Å². The molecule has 2 aromatic rings. The van der Waals surface area contributed by atoms with E-state index in [0.717, 1.165) is 11.4 Å². The van der Waals surface area contributed by atoms with Gasteiger partial charge < -0.3 is 4.57 Å². The maximum atomic E-state index is 5.72. The first-order valence-corrected chi connectivity index (χ1v) is 5.20. The van der Waals surface area contributed by atoms with E-state index in [4.69, 9.17) is 11.6 Å². The molecule has 0 radical (unpaired) electrons. The molecule has 2 aromatic heterocycles. The summed E-state index contributed by atoms with van der Waals surface area (Å²) in [4.78, 5) is 8.34. The maximum Gasteiger partial charge on any atom is 0.129 e. The third-order valence-corrected chi connectivity index (χ3v) is 2.43. The van der Waals surface area contributed by atoms with Gasteiger partial charge >= 0.3 is 0 Å². The number of rotatable bonds is 2. The van der Waals surface area contributed by atoms with Crippen LogP contribution in [-0.4, -0.2) is 14.5 Å². The van der Waals surface area contributed by atoms with Gasteiger partial charge in [-0.05, 0) is 18.1 Å². The highest BCUT2D eigenvalue weighted by Crippen LogP contribution is 2.15. The van der Waals surface area contributed by atoms with E-state index in [-0.39, 0.29) is 0 Å². The fraction of sp³-hybridized carbons (Fsp3) is 0.273. The number of halogens is 1. The maximum absolute atomic E-state index is 5.72. The van der Waals surface area contributed by atoms with E-state index in [1.165, 1.54) is 0 Å². The Labute approximate surface area is 93.7 Å². The molecular weight excluding hydrogens is 210 g/mol. The molecule has 0 aromatic carbocycles. The van der Waals surface area contributed by atoms with Crippen molar-refractivity contribution >= 4 is 11.6 Å². The second-order valence-corrected chi connectivity index (χ2v) is 4.09. The quantitative estimate of drug-likeness (QED) is 0.730. The highest BCUT2D eigenvalue weighted by Gasteiger charge is 2.04. The zero-order valence-corrected chi connectivity index (χ0v) is 9.44. The number of hydrogen-bond acceptors (Lipinski definition) is 2. The lowest BCUT2D eigenvalue weighted by Crippen LogP contribution is -1.91. The average Bonchev–Trinajstić information content (AvgIpc) is 2.68. The summed E-state index contributed by atoms with van der Waals surface area (Å²) in [6, 6.07) is 3.69. The van der Waals surface area contributed by atoms with Gasteiger partial charge in [-0.25, -0.2) is 9.97 Å². The molecule has 78 valence electrons. The Morgan fingerprint density at radius 3 is 2.60 bits per heavy atom. The summed E-state index contributed by atoms with van der Waals surface area (Å²) in [5.41, 5.74) is 2.05. The Kier molecular flexibility index (Phi) is 2.73. The lowest BCUT2D eigenvalue weighted by molar-refractivity contribution is 0.831. The second-order valence-electron chi connectivity index (χ2n) is 3.70. The molecule has 15 heavy (non-hydrogen) atoms. The molecule has 0 unspecified atom stereocenters. The van der Waals surface area contributed by atoms with Crippen molar-refractivity contribution in [1.29, 1.82) is 0 Å². The SMILES string of the molecule is CC(C)c1cn(-c2ccc(Cl)nc2)cn1. The van der Waals surface area contributed by atoms with Gasteiger partial charge in [-0.2, -0.15) is 0 Å². The van der Waals surface area contributed by atoms with Crippen molar-refractivity contribution in [2.24, 2.45) is 0 Å². The zero-order valence-electron chi connectivity index (χ0n) is 8.68. The van der Waals surface area contributed by atoms with Crippen LogP contribution in [0.5, 0.6) is 0 Å². The number of nitrogens with zero attached hydrogens (tertiary/aromatic N) is 3. The molecule has 0 fully saturated rings. The van der Waals surface area contributed by atoms with Gasteiger partial charge in [0.1, 0.15) is 5.15 Å². The van der Waals surface area contributed by atoms with Crippen molar-refractivity contribution < 1.29 is 0 Å². The topological polar surface area (TPSA) is 30.7 Å². The minimum atomic E-state index is 0.437. The molecule has 0 aliphatic heterocycles. The minimum Gasteiger partial charge on any atom is -0.304 e. The third-order valence-electron chi connectivity index (χ3n) is 2.20. The van der Waals surface area contributed by atoms with E-state index in [9.17, 15) is 0 Å². The minimum absolute atomic E-state index is 0.437. The first-order chi connectivity index (χ1) is 7.16. The van der Waals surface area contributed by atoms with E-state index >= 15 is 0 Å². The van der Waals surface area contributed by atoms with Gasteiger partial charge in [0.25, 0.3) is 0 Å². The van der Waals surface area contributed by atoms with Crippen LogP contribution in [0, 0.1) is 0 Å². The van der Waals surface area contributed by atoms with Crippen molar-refractivity contribution in [2.45, 2.75) is 19.8 Å². The van der Waals surface area contributed by atoms with Crippen LogP contribution in [0.15, 0.2) is 30.9 Å². The predicted octanol–water partition coefficient (Wildman–Crippen LogP) is 3.04. The Hall–Kier alpha value is -1.35. The van der Waals surface area contributed by atoms with Crippen molar-refractivity contribution in [3.05, 3.63) is 41.7 Å². The van der Waals surface area contributed by atoms with Crippen LogP contribution in [0.1, 0.15) is 25.5 Å². The van der Waals surface area contributed by atoms with Crippen molar-refractivity contribution in [1.82, 2.24) is 14.5 Å². The summed E-state index contributed by atoms with van der Waals surface area (Å²) in [7, 11) is 0. The number of pyridine rings is 1.